The molecule has 1 aliphatic rings. The average molecular weight is 388 g/mol. The molecule has 0 aromatic heterocycles. The van der Waals surface area contributed by atoms with Crippen molar-refractivity contribution in [1.82, 2.24) is 10.6 Å². The quantitative estimate of drug-likeness (QED) is 0.825. The first kappa shape index (κ1) is 19.4. The highest BCUT2D eigenvalue weighted by atomic mass is 32.2. The zero-order valence-electron chi connectivity index (χ0n) is 15.6. The van der Waals surface area contributed by atoms with E-state index in [0.29, 0.717) is 11.3 Å². The zero-order valence-corrected chi connectivity index (χ0v) is 16.4. The summed E-state index contributed by atoms with van der Waals surface area (Å²) in [6.45, 7) is 3.70. The van der Waals surface area contributed by atoms with E-state index < -0.39 is 10.0 Å². The molecular weight excluding hydrogens is 362 g/mol. The molecule has 144 valence electrons. The molecule has 0 unspecified atom stereocenters. The molecule has 2 N–H and O–H groups in total. The van der Waals surface area contributed by atoms with Crippen molar-refractivity contribution in [1.29, 1.82) is 0 Å². The summed E-state index contributed by atoms with van der Waals surface area (Å²) in [7, 11) is -2.24. The number of nitrogens with zero attached hydrogens (tertiary/aromatic N) is 1. The van der Waals surface area contributed by atoms with Crippen LogP contribution in [0.15, 0.2) is 53.4 Å². The van der Waals surface area contributed by atoms with Crippen molar-refractivity contribution < 1.29 is 13.2 Å². The minimum absolute atomic E-state index is 0.100. The highest BCUT2D eigenvalue weighted by Gasteiger charge is 2.23. The van der Waals surface area contributed by atoms with E-state index in [2.05, 4.69) is 10.6 Å². The molecule has 6 nitrogen and oxygen atoms in total. The number of benzene rings is 2. The third-order valence-corrected chi connectivity index (χ3v) is 6.61. The molecule has 1 saturated heterocycles. The lowest BCUT2D eigenvalue weighted by Crippen LogP contribution is -2.42. The molecule has 3 rings (SSSR count). The Balaban J connectivity index is 1.80. The molecule has 1 aliphatic heterocycles. The van der Waals surface area contributed by atoms with Crippen LogP contribution >= 0.6 is 0 Å². The number of hydrogen-bond donors (Lipinski definition) is 2. The Morgan fingerprint density at radius 2 is 1.78 bits per heavy atom. The van der Waals surface area contributed by atoms with Gasteiger partial charge >= 0.3 is 0 Å². The van der Waals surface area contributed by atoms with E-state index in [1.165, 1.54) is 23.5 Å². The maximum atomic E-state index is 13.0. The first-order chi connectivity index (χ1) is 12.9. The number of nitrogens with one attached hydrogen (secondary N) is 2. The molecule has 0 saturated carbocycles. The van der Waals surface area contributed by atoms with Crippen LogP contribution in [-0.2, 0) is 10.0 Å². The van der Waals surface area contributed by atoms with E-state index in [1.807, 2.05) is 19.1 Å². The SMILES string of the molecule is Cc1ccc(N(C)S(=O)(=O)c2cccc(C(=O)NC3CCNCC3)c2)cc1. The number of carbonyl (C=O) groups excluding carboxylic acids is 1. The fourth-order valence-corrected chi connectivity index (χ4v) is 4.33. The molecule has 0 spiro atoms. The van der Waals surface area contributed by atoms with Gasteiger partial charge in [0.2, 0.25) is 0 Å². The summed E-state index contributed by atoms with van der Waals surface area (Å²) < 4.78 is 27.2. The molecule has 1 heterocycles. The van der Waals surface area contributed by atoms with E-state index in [9.17, 15) is 13.2 Å². The normalized spacial score (nSPS) is 15.3. The summed E-state index contributed by atoms with van der Waals surface area (Å²) in [5.74, 6) is -0.239. The molecule has 1 amide bonds. The van der Waals surface area contributed by atoms with Crippen LogP contribution in [0.2, 0.25) is 0 Å². The highest BCUT2D eigenvalue weighted by molar-refractivity contribution is 7.92. The monoisotopic (exact) mass is 387 g/mol. The third kappa shape index (κ3) is 4.48. The fraction of sp³-hybridized carbons (Fsp3) is 0.350. The van der Waals surface area contributed by atoms with Gasteiger partial charge < -0.3 is 10.6 Å². The first-order valence-electron chi connectivity index (χ1n) is 9.05. The molecule has 2 aromatic rings. The standard InChI is InChI=1S/C20H25N3O3S/c1-15-6-8-18(9-7-15)23(2)27(25,26)19-5-3-4-16(14-19)20(24)22-17-10-12-21-13-11-17/h3-9,14,17,21H,10-13H2,1-2H3,(H,22,24). The third-order valence-electron chi connectivity index (χ3n) is 4.83. The van der Waals surface area contributed by atoms with E-state index >= 15 is 0 Å². The van der Waals surface area contributed by atoms with Gasteiger partial charge in [-0.25, -0.2) is 8.42 Å². The maximum absolute atomic E-state index is 13.0. The summed E-state index contributed by atoms with van der Waals surface area (Å²) in [5.41, 5.74) is 1.98. The van der Waals surface area contributed by atoms with Gasteiger partial charge in [-0.15, -0.1) is 0 Å². The smallest absolute Gasteiger partial charge is 0.264 e. The molecule has 0 aliphatic carbocycles. The number of piperidine rings is 1. The van der Waals surface area contributed by atoms with Crippen LogP contribution in [0.5, 0.6) is 0 Å². The van der Waals surface area contributed by atoms with Gasteiger partial charge in [0.25, 0.3) is 15.9 Å². The fourth-order valence-electron chi connectivity index (χ4n) is 3.08. The molecular formula is C20H25N3O3S. The second kappa shape index (κ2) is 8.10. The first-order valence-corrected chi connectivity index (χ1v) is 10.5. The van der Waals surface area contributed by atoms with E-state index in [1.54, 1.807) is 24.3 Å². The number of hydrogen-bond acceptors (Lipinski definition) is 4. The van der Waals surface area contributed by atoms with Crippen molar-refractivity contribution in [2.75, 3.05) is 24.4 Å². The van der Waals surface area contributed by atoms with Crippen molar-refractivity contribution in [2.24, 2.45) is 0 Å². The summed E-state index contributed by atoms with van der Waals surface area (Å²) >= 11 is 0. The molecule has 2 aromatic carbocycles. The Kier molecular flexibility index (Phi) is 5.82. The van der Waals surface area contributed by atoms with Crippen LogP contribution in [0.25, 0.3) is 0 Å². The minimum Gasteiger partial charge on any atom is -0.349 e. The van der Waals surface area contributed by atoms with E-state index in [0.717, 1.165) is 31.5 Å². The number of anilines is 1. The lowest BCUT2D eigenvalue weighted by molar-refractivity contribution is 0.0929. The summed E-state index contributed by atoms with van der Waals surface area (Å²) in [6, 6.07) is 13.6. The van der Waals surface area contributed by atoms with Crippen LogP contribution in [0.1, 0.15) is 28.8 Å². The van der Waals surface area contributed by atoms with E-state index in [4.69, 9.17) is 0 Å². The van der Waals surface area contributed by atoms with Gasteiger partial charge in [0.1, 0.15) is 0 Å². The van der Waals surface area contributed by atoms with E-state index in [-0.39, 0.29) is 16.8 Å². The van der Waals surface area contributed by atoms with Crippen LogP contribution in [-0.4, -0.2) is 40.5 Å². The lowest BCUT2D eigenvalue weighted by Gasteiger charge is -2.24. The van der Waals surface area contributed by atoms with Crippen LogP contribution in [0.3, 0.4) is 0 Å². The van der Waals surface area contributed by atoms with Gasteiger partial charge in [0.05, 0.1) is 10.6 Å². The predicted octanol–water partition coefficient (Wildman–Crippen LogP) is 2.30. The number of rotatable bonds is 5. The second-order valence-corrected chi connectivity index (χ2v) is 8.80. The Hall–Kier alpha value is -2.38. The van der Waals surface area contributed by atoms with Crippen molar-refractivity contribution in [2.45, 2.75) is 30.7 Å². The van der Waals surface area contributed by atoms with Crippen LogP contribution in [0.4, 0.5) is 5.69 Å². The molecule has 0 atom stereocenters. The zero-order chi connectivity index (χ0) is 19.4. The van der Waals surface area contributed by atoms with Gasteiger partial charge in [0, 0.05) is 18.7 Å². The Bertz CT molecular complexity index is 904. The molecule has 7 heteroatoms. The topological polar surface area (TPSA) is 78.5 Å². The number of carbonyl (C=O) groups is 1. The summed E-state index contributed by atoms with van der Waals surface area (Å²) in [4.78, 5) is 12.6. The van der Waals surface area contributed by atoms with Gasteiger partial charge in [-0.05, 0) is 63.2 Å². The second-order valence-electron chi connectivity index (χ2n) is 6.83. The maximum Gasteiger partial charge on any atom is 0.264 e. The Morgan fingerprint density at radius 1 is 1.11 bits per heavy atom. The van der Waals surface area contributed by atoms with Gasteiger partial charge in [0.15, 0.2) is 0 Å². The molecule has 1 fully saturated rings. The van der Waals surface area contributed by atoms with Crippen molar-refractivity contribution in [3.05, 3.63) is 59.7 Å². The number of aryl methyl sites for hydroxylation is 1. The van der Waals surface area contributed by atoms with Crippen molar-refractivity contribution in [3.8, 4) is 0 Å². The average Bonchev–Trinajstić information content (AvgIpc) is 2.69. The number of sulfonamides is 1. The summed E-state index contributed by atoms with van der Waals surface area (Å²) in [5, 5.41) is 6.25. The van der Waals surface area contributed by atoms with Crippen LogP contribution < -0.4 is 14.9 Å². The lowest BCUT2D eigenvalue weighted by atomic mass is 10.1. The number of amides is 1. The Morgan fingerprint density at radius 3 is 2.44 bits per heavy atom. The van der Waals surface area contributed by atoms with Crippen molar-refractivity contribution in [3.63, 3.8) is 0 Å². The Labute approximate surface area is 160 Å². The molecule has 0 radical (unpaired) electrons. The summed E-state index contributed by atoms with van der Waals surface area (Å²) in [6.07, 6.45) is 1.75. The molecule has 27 heavy (non-hydrogen) atoms. The van der Waals surface area contributed by atoms with Crippen molar-refractivity contribution >= 4 is 21.6 Å². The van der Waals surface area contributed by atoms with Gasteiger partial charge in [-0.3, -0.25) is 9.10 Å². The van der Waals surface area contributed by atoms with Crippen LogP contribution in [0, 0.1) is 6.92 Å². The molecule has 0 bridgehead atoms. The highest BCUT2D eigenvalue weighted by Crippen LogP contribution is 2.23. The van der Waals surface area contributed by atoms with Gasteiger partial charge in [-0.2, -0.15) is 0 Å². The minimum atomic E-state index is -3.75. The van der Waals surface area contributed by atoms with Gasteiger partial charge in [-0.1, -0.05) is 23.8 Å². The largest absolute Gasteiger partial charge is 0.349 e. The predicted molar refractivity (Wildman–Crippen MR) is 107 cm³/mol.